The number of non-ortho nitro benzene ring substituents is 1. The number of nitrogens with zero attached hydrogens (tertiary/aromatic N) is 3. The van der Waals surface area contributed by atoms with E-state index in [1.807, 2.05) is 40.3 Å². The van der Waals surface area contributed by atoms with Crippen LogP contribution in [0.2, 0.25) is 0 Å². The fourth-order valence-corrected chi connectivity index (χ4v) is 3.37. The number of nitro groups is 1. The van der Waals surface area contributed by atoms with Gasteiger partial charge in [-0.1, -0.05) is 42.5 Å². The Hall–Kier alpha value is -3.52. The van der Waals surface area contributed by atoms with Crippen LogP contribution in [0.3, 0.4) is 0 Å². The first-order valence-electron chi connectivity index (χ1n) is 8.03. The zero-order valence-electron chi connectivity index (χ0n) is 14.2. The Bertz CT molecular complexity index is 1050. The molecule has 0 aliphatic heterocycles. The van der Waals surface area contributed by atoms with Crippen molar-refractivity contribution in [3.63, 3.8) is 0 Å². The molecular formula is C19H16N4O3S. The molecule has 27 heavy (non-hydrogen) atoms. The Balaban J connectivity index is 1.90. The first-order valence-corrected chi connectivity index (χ1v) is 8.91. The average Bonchev–Trinajstić information content (AvgIpc) is 3.10. The highest BCUT2D eigenvalue weighted by atomic mass is 32.1. The number of benzene rings is 2. The van der Waals surface area contributed by atoms with Crippen molar-refractivity contribution in [2.75, 3.05) is 0 Å². The lowest BCUT2D eigenvalue weighted by Gasteiger charge is -2.06. The Morgan fingerprint density at radius 3 is 2.74 bits per heavy atom. The summed E-state index contributed by atoms with van der Waals surface area (Å²) in [4.78, 5) is 23.2. The number of nitrogens with one attached hydrogen (secondary N) is 1. The van der Waals surface area contributed by atoms with Crippen LogP contribution in [0, 0.1) is 10.1 Å². The molecule has 2 aromatic carbocycles. The summed E-state index contributed by atoms with van der Waals surface area (Å²) in [7, 11) is 0. The predicted molar refractivity (Wildman–Crippen MR) is 104 cm³/mol. The maximum absolute atomic E-state index is 12.3. The van der Waals surface area contributed by atoms with Gasteiger partial charge in [0.05, 0.1) is 10.6 Å². The zero-order valence-corrected chi connectivity index (χ0v) is 15.1. The lowest BCUT2D eigenvalue weighted by Crippen LogP contribution is -2.24. The molecule has 0 bridgehead atoms. The van der Waals surface area contributed by atoms with Crippen LogP contribution in [0.25, 0.3) is 11.3 Å². The minimum Gasteiger partial charge on any atom is -0.311 e. The Labute approximate surface area is 159 Å². The highest BCUT2D eigenvalue weighted by molar-refractivity contribution is 7.07. The Morgan fingerprint density at radius 2 is 2.04 bits per heavy atom. The Kier molecular flexibility index (Phi) is 5.58. The van der Waals surface area contributed by atoms with E-state index >= 15 is 0 Å². The number of rotatable bonds is 6. The molecule has 136 valence electrons. The predicted octanol–water partition coefficient (Wildman–Crippen LogP) is 3.56. The van der Waals surface area contributed by atoms with Gasteiger partial charge in [0.15, 0.2) is 0 Å². The second kappa shape index (κ2) is 8.24. The monoisotopic (exact) mass is 380 g/mol. The van der Waals surface area contributed by atoms with Crippen molar-refractivity contribution in [1.82, 2.24) is 9.99 Å². The maximum atomic E-state index is 12.3. The first-order chi connectivity index (χ1) is 13.1. The number of hydrogen-bond acceptors (Lipinski definition) is 5. The molecule has 1 N–H and O–H groups in total. The van der Waals surface area contributed by atoms with Gasteiger partial charge in [-0.25, -0.2) is 5.43 Å². The third-order valence-corrected chi connectivity index (χ3v) is 4.61. The summed E-state index contributed by atoms with van der Waals surface area (Å²) in [5, 5.41) is 17.0. The molecule has 1 heterocycles. The van der Waals surface area contributed by atoms with Gasteiger partial charge in [-0.3, -0.25) is 14.9 Å². The van der Waals surface area contributed by atoms with E-state index < -0.39 is 10.8 Å². The molecule has 0 unspecified atom stereocenters. The Morgan fingerprint density at radius 1 is 1.26 bits per heavy atom. The summed E-state index contributed by atoms with van der Waals surface area (Å²) in [6.07, 6.45) is 1.75. The van der Waals surface area contributed by atoms with E-state index in [-0.39, 0.29) is 11.3 Å². The van der Waals surface area contributed by atoms with Crippen LogP contribution < -0.4 is 10.2 Å². The molecule has 0 aliphatic carbocycles. The summed E-state index contributed by atoms with van der Waals surface area (Å²) in [5.41, 5.74) is 4.48. The molecule has 3 rings (SSSR count). The lowest BCUT2D eigenvalue weighted by atomic mass is 10.2. The minimum absolute atomic E-state index is 0.146. The third kappa shape index (κ3) is 4.18. The van der Waals surface area contributed by atoms with Gasteiger partial charge < -0.3 is 4.57 Å². The summed E-state index contributed by atoms with van der Waals surface area (Å²) in [5.74, 6) is -0.515. The second-order valence-corrected chi connectivity index (χ2v) is 6.37. The average molecular weight is 380 g/mol. The first kappa shape index (κ1) is 18.3. The summed E-state index contributed by atoms with van der Waals surface area (Å²) in [6.45, 7) is 4.30. The van der Waals surface area contributed by atoms with E-state index in [0.717, 1.165) is 11.3 Å². The van der Waals surface area contributed by atoms with Crippen molar-refractivity contribution < 1.29 is 9.72 Å². The number of amides is 1. The van der Waals surface area contributed by atoms with Gasteiger partial charge in [0, 0.05) is 29.6 Å². The highest BCUT2D eigenvalue weighted by Crippen LogP contribution is 2.19. The van der Waals surface area contributed by atoms with Crippen molar-refractivity contribution in [3.8, 4) is 11.3 Å². The van der Waals surface area contributed by atoms with Gasteiger partial charge in [0.2, 0.25) is 4.80 Å². The van der Waals surface area contributed by atoms with Gasteiger partial charge in [-0.2, -0.15) is 0 Å². The van der Waals surface area contributed by atoms with E-state index in [1.165, 1.54) is 35.6 Å². The molecule has 1 amide bonds. The van der Waals surface area contributed by atoms with Crippen LogP contribution in [0.4, 0.5) is 5.69 Å². The molecule has 0 saturated carbocycles. The third-order valence-electron chi connectivity index (χ3n) is 3.75. The fraction of sp³-hybridized carbons (Fsp3) is 0.0526. The molecule has 0 saturated heterocycles. The minimum atomic E-state index is -0.544. The van der Waals surface area contributed by atoms with Crippen molar-refractivity contribution in [1.29, 1.82) is 0 Å². The van der Waals surface area contributed by atoms with E-state index in [9.17, 15) is 14.9 Å². The quantitative estimate of drug-likeness (QED) is 0.403. The van der Waals surface area contributed by atoms with Crippen LogP contribution in [-0.4, -0.2) is 15.4 Å². The van der Waals surface area contributed by atoms with Gasteiger partial charge in [-0.15, -0.1) is 23.0 Å². The molecule has 3 aromatic rings. The smallest absolute Gasteiger partial charge is 0.271 e. The fourth-order valence-electron chi connectivity index (χ4n) is 2.49. The van der Waals surface area contributed by atoms with Crippen molar-refractivity contribution in [3.05, 3.63) is 93.1 Å². The summed E-state index contributed by atoms with van der Waals surface area (Å²) >= 11 is 1.38. The van der Waals surface area contributed by atoms with E-state index in [1.54, 1.807) is 6.08 Å². The molecule has 7 nitrogen and oxygen atoms in total. The molecule has 0 spiro atoms. The highest BCUT2D eigenvalue weighted by Gasteiger charge is 2.11. The van der Waals surface area contributed by atoms with E-state index in [2.05, 4.69) is 17.1 Å². The topological polar surface area (TPSA) is 89.5 Å². The zero-order chi connectivity index (χ0) is 19.2. The number of hydrogen-bond donors (Lipinski definition) is 1. The number of nitro benzene ring substituents is 1. The van der Waals surface area contributed by atoms with Crippen molar-refractivity contribution >= 4 is 22.9 Å². The van der Waals surface area contributed by atoms with Gasteiger partial charge >= 0.3 is 0 Å². The normalized spacial score (nSPS) is 11.2. The molecular weight excluding hydrogens is 364 g/mol. The molecule has 0 radical (unpaired) electrons. The molecule has 0 aliphatic rings. The SMILES string of the molecule is C=CCn1c(-c2ccccc2)cs/c1=N/NC(=O)c1cccc([N+](=O)[O-])c1. The van der Waals surface area contributed by atoms with Gasteiger partial charge in [0.25, 0.3) is 11.6 Å². The number of aromatic nitrogens is 1. The van der Waals surface area contributed by atoms with Crippen LogP contribution in [0.5, 0.6) is 0 Å². The number of carbonyl (C=O) groups is 1. The van der Waals surface area contributed by atoms with Crippen LogP contribution in [0.15, 0.2) is 77.7 Å². The largest absolute Gasteiger partial charge is 0.311 e. The lowest BCUT2D eigenvalue weighted by molar-refractivity contribution is -0.384. The molecule has 0 fully saturated rings. The maximum Gasteiger partial charge on any atom is 0.271 e. The number of carbonyl (C=O) groups excluding carboxylic acids is 1. The van der Waals surface area contributed by atoms with Crippen LogP contribution >= 0.6 is 11.3 Å². The molecule has 1 aromatic heterocycles. The van der Waals surface area contributed by atoms with Gasteiger partial charge in [0.1, 0.15) is 0 Å². The van der Waals surface area contributed by atoms with Crippen molar-refractivity contribution in [2.45, 2.75) is 6.54 Å². The molecule has 8 heteroatoms. The molecule has 0 atom stereocenters. The van der Waals surface area contributed by atoms with Crippen LogP contribution in [0.1, 0.15) is 10.4 Å². The number of allylic oxidation sites excluding steroid dienone is 1. The number of thiazole rings is 1. The van der Waals surface area contributed by atoms with Crippen molar-refractivity contribution in [2.24, 2.45) is 5.10 Å². The second-order valence-electron chi connectivity index (χ2n) is 5.53. The van der Waals surface area contributed by atoms with E-state index in [0.29, 0.717) is 11.3 Å². The van der Waals surface area contributed by atoms with E-state index in [4.69, 9.17) is 0 Å². The summed E-state index contributed by atoms with van der Waals surface area (Å²) in [6, 6.07) is 15.3. The summed E-state index contributed by atoms with van der Waals surface area (Å²) < 4.78 is 1.93. The van der Waals surface area contributed by atoms with Gasteiger partial charge in [-0.05, 0) is 11.6 Å². The van der Waals surface area contributed by atoms with Crippen LogP contribution in [-0.2, 0) is 6.54 Å². The standard InChI is InChI=1S/C19H16N4O3S/c1-2-11-22-17(14-7-4-3-5-8-14)13-27-19(22)21-20-18(24)15-9-6-10-16(12-15)23(25)26/h2-10,12-13H,1,11H2,(H,20,24)/b21-19+.